The van der Waals surface area contributed by atoms with Gasteiger partial charge in [-0.25, -0.2) is 0 Å². The van der Waals surface area contributed by atoms with Crippen LogP contribution in [0.4, 0.5) is 5.69 Å². The van der Waals surface area contributed by atoms with Crippen LogP contribution in [-0.2, 0) is 11.2 Å². The molecule has 23 heavy (non-hydrogen) atoms. The van der Waals surface area contributed by atoms with Crippen LogP contribution in [0, 0.1) is 0 Å². The van der Waals surface area contributed by atoms with Crippen molar-refractivity contribution in [3.8, 4) is 5.75 Å². The van der Waals surface area contributed by atoms with Gasteiger partial charge in [0.15, 0.2) is 5.11 Å². The Morgan fingerprint density at radius 1 is 1.04 bits per heavy atom. The van der Waals surface area contributed by atoms with Gasteiger partial charge in [-0.05, 0) is 36.3 Å². The van der Waals surface area contributed by atoms with Gasteiger partial charge in [0, 0.05) is 6.42 Å². The van der Waals surface area contributed by atoms with Crippen molar-refractivity contribution >= 4 is 28.9 Å². The van der Waals surface area contributed by atoms with Crippen LogP contribution in [0.25, 0.3) is 0 Å². The van der Waals surface area contributed by atoms with Gasteiger partial charge in [0.05, 0.1) is 12.8 Å². The lowest BCUT2D eigenvalue weighted by molar-refractivity contribution is -0.121. The Hall–Kier alpha value is -2.60. The highest BCUT2D eigenvalue weighted by Crippen LogP contribution is 2.22. The van der Waals surface area contributed by atoms with Gasteiger partial charge in [-0.3, -0.25) is 15.6 Å². The second-order valence-electron chi connectivity index (χ2n) is 4.81. The van der Waals surface area contributed by atoms with Gasteiger partial charge < -0.3 is 10.1 Å². The van der Waals surface area contributed by atoms with Crippen molar-refractivity contribution in [1.82, 2.24) is 10.9 Å². The number of hydrogen-bond acceptors (Lipinski definition) is 3. The Morgan fingerprint density at radius 3 is 2.48 bits per heavy atom. The molecule has 3 N–H and O–H groups in total. The van der Waals surface area contributed by atoms with E-state index in [2.05, 4.69) is 16.2 Å². The summed E-state index contributed by atoms with van der Waals surface area (Å²) in [5, 5.41) is 3.27. The third kappa shape index (κ3) is 5.60. The average Bonchev–Trinajstić information content (AvgIpc) is 2.59. The molecule has 0 fully saturated rings. The van der Waals surface area contributed by atoms with Crippen LogP contribution < -0.4 is 20.9 Å². The number of nitrogens with one attached hydrogen (secondary N) is 3. The van der Waals surface area contributed by atoms with Crippen molar-refractivity contribution in [2.24, 2.45) is 0 Å². The van der Waals surface area contributed by atoms with Crippen LogP contribution in [0.5, 0.6) is 5.75 Å². The number of rotatable bonds is 5. The van der Waals surface area contributed by atoms with Crippen molar-refractivity contribution in [2.75, 3.05) is 12.4 Å². The quantitative estimate of drug-likeness (QED) is 0.581. The predicted molar refractivity (Wildman–Crippen MR) is 95.3 cm³/mol. The molecule has 2 rings (SSSR count). The Labute approximate surface area is 141 Å². The highest BCUT2D eigenvalue weighted by atomic mass is 32.1. The zero-order valence-electron chi connectivity index (χ0n) is 12.8. The number of methoxy groups -OCH3 is 1. The van der Waals surface area contributed by atoms with Crippen molar-refractivity contribution in [3.05, 3.63) is 60.2 Å². The lowest BCUT2D eigenvalue weighted by Crippen LogP contribution is -2.43. The fraction of sp³-hybridized carbons (Fsp3) is 0.176. The van der Waals surface area contributed by atoms with E-state index >= 15 is 0 Å². The Bertz CT molecular complexity index is 662. The summed E-state index contributed by atoms with van der Waals surface area (Å²) in [6.07, 6.45) is 1.06. The van der Waals surface area contributed by atoms with Gasteiger partial charge in [-0.15, -0.1) is 0 Å². The van der Waals surface area contributed by atoms with Crippen LogP contribution in [-0.4, -0.2) is 18.1 Å². The molecule has 0 bridgehead atoms. The van der Waals surface area contributed by atoms with E-state index in [9.17, 15) is 4.79 Å². The van der Waals surface area contributed by atoms with Crippen LogP contribution in [0.2, 0.25) is 0 Å². The molecule has 0 saturated heterocycles. The molecule has 0 unspecified atom stereocenters. The summed E-state index contributed by atoms with van der Waals surface area (Å²) < 4.78 is 5.22. The summed E-state index contributed by atoms with van der Waals surface area (Å²) in [6.45, 7) is 0. The minimum absolute atomic E-state index is 0.127. The van der Waals surface area contributed by atoms with Crippen LogP contribution in [0.3, 0.4) is 0 Å². The van der Waals surface area contributed by atoms with E-state index in [1.807, 2.05) is 54.6 Å². The highest BCUT2D eigenvalue weighted by Gasteiger charge is 2.05. The van der Waals surface area contributed by atoms with Gasteiger partial charge in [-0.1, -0.05) is 42.5 Å². The molecule has 0 spiro atoms. The fourth-order valence-electron chi connectivity index (χ4n) is 1.99. The number of carbonyl (C=O) groups excluding carboxylic acids is 1. The monoisotopic (exact) mass is 329 g/mol. The zero-order chi connectivity index (χ0) is 16.5. The first-order chi connectivity index (χ1) is 11.2. The number of para-hydroxylation sites is 2. The van der Waals surface area contributed by atoms with Crippen molar-refractivity contribution < 1.29 is 9.53 Å². The molecule has 0 saturated carbocycles. The molecule has 6 heteroatoms. The highest BCUT2D eigenvalue weighted by molar-refractivity contribution is 7.80. The Balaban J connectivity index is 1.74. The van der Waals surface area contributed by atoms with E-state index in [0.29, 0.717) is 23.7 Å². The standard InChI is InChI=1S/C17H19N3O2S/c1-22-15-10-6-5-9-14(15)18-17(23)20-19-16(21)12-11-13-7-3-2-4-8-13/h2-10H,11-12H2,1H3,(H,19,21)(H2,18,20,23). The third-order valence-electron chi connectivity index (χ3n) is 3.15. The number of amides is 1. The lowest BCUT2D eigenvalue weighted by atomic mass is 10.1. The minimum Gasteiger partial charge on any atom is -0.495 e. The molecule has 2 aromatic carbocycles. The van der Waals surface area contributed by atoms with Crippen LogP contribution in [0.15, 0.2) is 54.6 Å². The summed E-state index contributed by atoms with van der Waals surface area (Å²) in [6, 6.07) is 17.2. The molecule has 2 aromatic rings. The predicted octanol–water partition coefficient (Wildman–Crippen LogP) is 2.65. The number of aryl methyl sites for hydroxylation is 1. The maximum absolute atomic E-state index is 11.8. The number of benzene rings is 2. The van der Waals surface area contributed by atoms with Gasteiger partial charge >= 0.3 is 0 Å². The summed E-state index contributed by atoms with van der Waals surface area (Å²) in [5.74, 6) is 0.546. The lowest BCUT2D eigenvalue weighted by Gasteiger charge is -2.13. The van der Waals surface area contributed by atoms with Crippen molar-refractivity contribution in [2.45, 2.75) is 12.8 Å². The van der Waals surface area contributed by atoms with E-state index in [1.165, 1.54) is 0 Å². The van der Waals surface area contributed by atoms with Gasteiger partial charge in [0.2, 0.25) is 5.91 Å². The second-order valence-corrected chi connectivity index (χ2v) is 5.22. The van der Waals surface area contributed by atoms with Gasteiger partial charge in [-0.2, -0.15) is 0 Å². The molecule has 0 radical (unpaired) electrons. The molecule has 5 nitrogen and oxygen atoms in total. The molecule has 0 aliphatic rings. The first kappa shape index (κ1) is 16.8. The number of hydrazine groups is 1. The third-order valence-corrected chi connectivity index (χ3v) is 3.36. The van der Waals surface area contributed by atoms with E-state index in [1.54, 1.807) is 7.11 Å². The average molecular weight is 329 g/mol. The van der Waals surface area contributed by atoms with E-state index < -0.39 is 0 Å². The topological polar surface area (TPSA) is 62.4 Å². The smallest absolute Gasteiger partial charge is 0.238 e. The molecule has 0 heterocycles. The molecule has 120 valence electrons. The maximum Gasteiger partial charge on any atom is 0.238 e. The minimum atomic E-state index is -0.127. The number of ether oxygens (including phenoxy) is 1. The van der Waals surface area contributed by atoms with Crippen molar-refractivity contribution in [3.63, 3.8) is 0 Å². The Kier molecular flexibility index (Phi) is 6.38. The molecular formula is C17H19N3O2S. The summed E-state index contributed by atoms with van der Waals surface area (Å²) in [7, 11) is 1.59. The molecule has 0 atom stereocenters. The zero-order valence-corrected chi connectivity index (χ0v) is 13.7. The Morgan fingerprint density at radius 2 is 1.74 bits per heavy atom. The summed E-state index contributed by atoms with van der Waals surface area (Å²) in [5.41, 5.74) is 7.11. The number of thiocarbonyl (C=S) groups is 1. The fourth-order valence-corrected chi connectivity index (χ4v) is 2.15. The normalized spacial score (nSPS) is 9.78. The van der Waals surface area contributed by atoms with E-state index in [0.717, 1.165) is 11.3 Å². The molecular weight excluding hydrogens is 310 g/mol. The first-order valence-corrected chi connectivity index (χ1v) is 7.62. The molecule has 0 aromatic heterocycles. The largest absolute Gasteiger partial charge is 0.495 e. The first-order valence-electron chi connectivity index (χ1n) is 7.22. The molecule has 1 amide bonds. The second kappa shape index (κ2) is 8.75. The summed E-state index contributed by atoms with van der Waals surface area (Å²) >= 11 is 5.15. The molecule has 0 aliphatic carbocycles. The van der Waals surface area contributed by atoms with Crippen LogP contribution >= 0.6 is 12.2 Å². The number of carbonyl (C=O) groups is 1. The summed E-state index contributed by atoms with van der Waals surface area (Å²) in [4.78, 5) is 11.8. The van der Waals surface area contributed by atoms with E-state index in [-0.39, 0.29) is 5.91 Å². The van der Waals surface area contributed by atoms with Gasteiger partial charge in [0.1, 0.15) is 5.75 Å². The number of anilines is 1. The number of hydrogen-bond donors (Lipinski definition) is 3. The van der Waals surface area contributed by atoms with Crippen LogP contribution in [0.1, 0.15) is 12.0 Å². The SMILES string of the molecule is COc1ccccc1NC(=S)NNC(=O)CCc1ccccc1. The van der Waals surface area contributed by atoms with E-state index in [4.69, 9.17) is 17.0 Å². The maximum atomic E-state index is 11.8. The molecule has 0 aliphatic heterocycles. The van der Waals surface area contributed by atoms with Gasteiger partial charge in [0.25, 0.3) is 0 Å². The van der Waals surface area contributed by atoms with Crippen molar-refractivity contribution in [1.29, 1.82) is 0 Å².